The zero-order chi connectivity index (χ0) is 22.7. The van der Waals surface area contributed by atoms with Gasteiger partial charge in [0.15, 0.2) is 0 Å². The molecule has 0 bridgehead atoms. The van der Waals surface area contributed by atoms with Gasteiger partial charge in [-0.2, -0.15) is 0 Å². The first kappa shape index (κ1) is 22.7. The first-order valence-corrected chi connectivity index (χ1v) is 11.9. The summed E-state index contributed by atoms with van der Waals surface area (Å²) in [7, 11) is 0. The largest absolute Gasteiger partial charge is 0.379 e. The first-order chi connectivity index (χ1) is 15.4. The van der Waals surface area contributed by atoms with Gasteiger partial charge in [-0.3, -0.25) is 19.1 Å². The minimum atomic E-state index is -0.230. The quantitative estimate of drug-likeness (QED) is 0.719. The maximum atomic E-state index is 13.5. The van der Waals surface area contributed by atoms with Crippen molar-refractivity contribution in [3.8, 4) is 5.69 Å². The van der Waals surface area contributed by atoms with E-state index in [1.165, 1.54) is 5.56 Å². The van der Waals surface area contributed by atoms with Gasteiger partial charge in [-0.05, 0) is 60.9 Å². The van der Waals surface area contributed by atoms with Crippen molar-refractivity contribution in [3.63, 3.8) is 0 Å². The molecule has 6 heteroatoms. The number of piperidine rings is 1. The van der Waals surface area contributed by atoms with E-state index in [1.54, 1.807) is 10.8 Å². The topological polar surface area (TPSA) is 54.8 Å². The van der Waals surface area contributed by atoms with Crippen LogP contribution in [0.1, 0.15) is 54.1 Å². The Bertz CT molecular complexity index is 1010. The van der Waals surface area contributed by atoms with Crippen LogP contribution in [0.3, 0.4) is 0 Å². The minimum absolute atomic E-state index is 0.131. The van der Waals surface area contributed by atoms with E-state index in [9.17, 15) is 9.59 Å². The molecule has 1 atom stereocenters. The third kappa shape index (κ3) is 4.97. The van der Waals surface area contributed by atoms with E-state index >= 15 is 0 Å². The van der Waals surface area contributed by atoms with Crippen LogP contribution in [-0.2, 0) is 4.74 Å². The third-order valence-electron chi connectivity index (χ3n) is 6.76. The lowest BCUT2D eigenvalue weighted by Gasteiger charge is -2.37. The monoisotopic (exact) mass is 437 g/mol. The van der Waals surface area contributed by atoms with Crippen LogP contribution in [0.5, 0.6) is 0 Å². The maximum Gasteiger partial charge on any atom is 0.268 e. The van der Waals surface area contributed by atoms with E-state index in [-0.39, 0.29) is 11.5 Å². The molecule has 2 aliphatic rings. The highest BCUT2D eigenvalue weighted by Crippen LogP contribution is 2.21. The Kier molecular flexibility index (Phi) is 7.11. The second-order valence-electron chi connectivity index (χ2n) is 9.47. The molecule has 0 N–H and O–H groups in total. The highest BCUT2D eigenvalue weighted by atomic mass is 16.5. The number of amides is 1. The highest BCUT2D eigenvalue weighted by molar-refractivity contribution is 5.95. The molecule has 0 spiro atoms. The predicted octanol–water partition coefficient (Wildman–Crippen LogP) is 3.45. The van der Waals surface area contributed by atoms with Crippen molar-refractivity contribution in [1.82, 2.24) is 14.4 Å². The van der Waals surface area contributed by atoms with E-state index in [0.29, 0.717) is 23.9 Å². The molecule has 4 rings (SSSR count). The lowest BCUT2D eigenvalue weighted by Crippen LogP contribution is -2.47. The maximum absolute atomic E-state index is 13.5. The van der Waals surface area contributed by atoms with Gasteiger partial charge in [0, 0.05) is 44.6 Å². The molecule has 172 valence electrons. The zero-order valence-electron chi connectivity index (χ0n) is 19.5. The Morgan fingerprint density at radius 3 is 2.69 bits per heavy atom. The molecular weight excluding hydrogens is 402 g/mol. The van der Waals surface area contributed by atoms with Gasteiger partial charge in [0.1, 0.15) is 5.56 Å². The van der Waals surface area contributed by atoms with Gasteiger partial charge >= 0.3 is 0 Å². The van der Waals surface area contributed by atoms with Gasteiger partial charge in [0.25, 0.3) is 11.5 Å². The number of benzene rings is 1. The van der Waals surface area contributed by atoms with Crippen LogP contribution in [0.25, 0.3) is 5.69 Å². The van der Waals surface area contributed by atoms with E-state index in [2.05, 4.69) is 24.8 Å². The summed E-state index contributed by atoms with van der Waals surface area (Å²) in [4.78, 5) is 31.3. The lowest BCUT2D eigenvalue weighted by atomic mass is 9.96. The van der Waals surface area contributed by atoms with E-state index in [1.807, 2.05) is 36.1 Å². The molecule has 2 aromatic rings. The van der Waals surface area contributed by atoms with Crippen molar-refractivity contribution >= 4 is 5.91 Å². The predicted molar refractivity (Wildman–Crippen MR) is 127 cm³/mol. The molecule has 32 heavy (non-hydrogen) atoms. The zero-order valence-corrected chi connectivity index (χ0v) is 19.5. The third-order valence-corrected chi connectivity index (χ3v) is 6.76. The number of morpholine rings is 1. The van der Waals surface area contributed by atoms with Crippen LogP contribution >= 0.6 is 0 Å². The number of ether oxygens (including phenoxy) is 1. The summed E-state index contributed by atoms with van der Waals surface area (Å²) >= 11 is 0. The van der Waals surface area contributed by atoms with E-state index < -0.39 is 0 Å². The number of aryl methyl sites for hydroxylation is 1. The van der Waals surface area contributed by atoms with Crippen molar-refractivity contribution in [2.45, 2.75) is 39.5 Å². The molecule has 2 aliphatic heterocycles. The Morgan fingerprint density at radius 1 is 1.16 bits per heavy atom. The summed E-state index contributed by atoms with van der Waals surface area (Å²) in [6, 6.07) is 9.89. The summed E-state index contributed by atoms with van der Waals surface area (Å²) in [5, 5.41) is 0. The Hall–Kier alpha value is -2.44. The summed E-state index contributed by atoms with van der Waals surface area (Å²) in [5.74, 6) is 0.683. The Labute approximate surface area is 190 Å². The van der Waals surface area contributed by atoms with Crippen LogP contribution in [0.2, 0.25) is 0 Å². The van der Waals surface area contributed by atoms with Crippen LogP contribution in [0.4, 0.5) is 0 Å². The molecule has 3 heterocycles. The number of hydrogen-bond donors (Lipinski definition) is 0. The van der Waals surface area contributed by atoms with E-state index in [4.69, 9.17) is 4.74 Å². The summed E-state index contributed by atoms with van der Waals surface area (Å²) in [6.45, 7) is 12.1. The number of aromatic nitrogens is 1. The first-order valence-electron chi connectivity index (χ1n) is 11.9. The average molecular weight is 438 g/mol. The fourth-order valence-corrected chi connectivity index (χ4v) is 4.83. The Balaban J connectivity index is 1.56. The molecule has 0 radical (unpaired) electrons. The van der Waals surface area contributed by atoms with Crippen LogP contribution in [0, 0.1) is 12.8 Å². The van der Waals surface area contributed by atoms with Gasteiger partial charge in [-0.15, -0.1) is 0 Å². The molecule has 1 amide bonds. The SMILES string of the molecule is Cc1ccn(-c2cccc(C(C)C)c2)c(=O)c1C(=O)N1CCCC(CN2CCOCC2)C1. The fourth-order valence-electron chi connectivity index (χ4n) is 4.83. The minimum Gasteiger partial charge on any atom is -0.379 e. The summed E-state index contributed by atoms with van der Waals surface area (Å²) < 4.78 is 7.07. The molecule has 2 fully saturated rings. The normalized spacial score (nSPS) is 20.0. The van der Waals surface area contributed by atoms with Gasteiger partial charge < -0.3 is 9.64 Å². The molecule has 0 aliphatic carbocycles. The highest BCUT2D eigenvalue weighted by Gasteiger charge is 2.29. The van der Waals surface area contributed by atoms with Gasteiger partial charge in [0.2, 0.25) is 0 Å². The lowest BCUT2D eigenvalue weighted by molar-refractivity contribution is 0.0223. The van der Waals surface area contributed by atoms with Crippen molar-refractivity contribution in [1.29, 1.82) is 0 Å². The van der Waals surface area contributed by atoms with Gasteiger partial charge in [-0.1, -0.05) is 26.0 Å². The Morgan fingerprint density at radius 2 is 1.94 bits per heavy atom. The number of pyridine rings is 1. The molecule has 0 saturated carbocycles. The smallest absolute Gasteiger partial charge is 0.268 e. The molecule has 2 saturated heterocycles. The van der Waals surface area contributed by atoms with Crippen LogP contribution in [-0.4, -0.2) is 66.2 Å². The molecular formula is C26H35N3O3. The van der Waals surface area contributed by atoms with Crippen LogP contribution in [0.15, 0.2) is 41.3 Å². The summed E-state index contributed by atoms with van der Waals surface area (Å²) in [5.41, 5.74) is 2.79. The number of hydrogen-bond acceptors (Lipinski definition) is 4. The van der Waals surface area contributed by atoms with Crippen molar-refractivity contribution in [2.24, 2.45) is 5.92 Å². The number of nitrogens with zero attached hydrogens (tertiary/aromatic N) is 3. The number of likely N-dealkylation sites (tertiary alicyclic amines) is 1. The fraction of sp³-hybridized carbons (Fsp3) is 0.538. The van der Waals surface area contributed by atoms with Gasteiger partial charge in [-0.25, -0.2) is 0 Å². The van der Waals surface area contributed by atoms with Gasteiger partial charge in [0.05, 0.1) is 13.2 Å². The second kappa shape index (κ2) is 10.0. The van der Waals surface area contributed by atoms with Crippen molar-refractivity contribution < 1.29 is 9.53 Å². The van der Waals surface area contributed by atoms with Crippen molar-refractivity contribution in [3.05, 3.63) is 63.6 Å². The second-order valence-corrected chi connectivity index (χ2v) is 9.47. The standard InChI is InChI=1S/C26H35N3O3/c1-19(2)22-7-4-8-23(16-22)29-11-9-20(3)24(26(29)31)25(30)28-10-5-6-21(18-28)17-27-12-14-32-15-13-27/h4,7-9,11,16,19,21H,5-6,10,12-15,17-18H2,1-3H3. The molecule has 1 aromatic carbocycles. The molecule has 6 nitrogen and oxygen atoms in total. The van der Waals surface area contributed by atoms with E-state index in [0.717, 1.165) is 63.5 Å². The molecule has 1 unspecified atom stereocenters. The van der Waals surface area contributed by atoms with Crippen LogP contribution < -0.4 is 5.56 Å². The average Bonchev–Trinajstić information content (AvgIpc) is 2.80. The summed E-state index contributed by atoms with van der Waals surface area (Å²) in [6.07, 6.45) is 3.89. The molecule has 1 aromatic heterocycles. The number of carbonyl (C=O) groups is 1. The van der Waals surface area contributed by atoms with Crippen molar-refractivity contribution in [2.75, 3.05) is 45.9 Å². The number of rotatable bonds is 5. The number of carbonyl (C=O) groups excluding carboxylic acids is 1.